The molecule has 2 heterocycles. The van der Waals surface area contributed by atoms with E-state index in [1.807, 2.05) is 42.7 Å². The standard InChI is InChI=1S/C15H14N2OS/c1-18-13-2-3-14-12(8-13)9-15(17-14)19-10-11-4-6-16-7-5-11/h2-9,17H,10H2,1H3. The molecule has 3 nitrogen and oxygen atoms in total. The third kappa shape index (κ3) is 2.74. The molecule has 1 N–H and O–H groups in total. The molecule has 3 rings (SSSR count). The molecule has 0 saturated heterocycles. The minimum absolute atomic E-state index is 0.886. The van der Waals surface area contributed by atoms with Crippen LogP contribution in [0, 0.1) is 0 Å². The fourth-order valence-electron chi connectivity index (χ4n) is 1.93. The second kappa shape index (κ2) is 5.36. The number of hydrogen-bond donors (Lipinski definition) is 1. The predicted octanol–water partition coefficient (Wildman–Crippen LogP) is 3.86. The van der Waals surface area contributed by atoms with Gasteiger partial charge in [0.15, 0.2) is 0 Å². The SMILES string of the molecule is COc1ccc2[nH]c(SCc3ccncc3)cc2c1. The molecular formula is C15H14N2OS. The van der Waals surface area contributed by atoms with Gasteiger partial charge in [-0.15, -0.1) is 11.8 Å². The maximum atomic E-state index is 5.23. The van der Waals surface area contributed by atoms with Gasteiger partial charge >= 0.3 is 0 Å². The molecule has 0 aliphatic rings. The van der Waals surface area contributed by atoms with Crippen LogP contribution in [0.2, 0.25) is 0 Å². The Kier molecular flexibility index (Phi) is 3.42. The number of benzene rings is 1. The summed E-state index contributed by atoms with van der Waals surface area (Å²) in [7, 11) is 1.69. The number of methoxy groups -OCH3 is 1. The summed E-state index contributed by atoms with van der Waals surface area (Å²) in [5.74, 6) is 1.82. The number of H-pyrrole nitrogens is 1. The summed E-state index contributed by atoms with van der Waals surface area (Å²) in [6.07, 6.45) is 3.65. The Morgan fingerprint density at radius 1 is 1.16 bits per heavy atom. The summed E-state index contributed by atoms with van der Waals surface area (Å²) < 4.78 is 5.23. The van der Waals surface area contributed by atoms with Crippen molar-refractivity contribution in [3.8, 4) is 5.75 Å². The summed E-state index contributed by atoms with van der Waals surface area (Å²) in [5, 5.41) is 2.34. The van der Waals surface area contributed by atoms with Crippen molar-refractivity contribution in [2.45, 2.75) is 10.8 Å². The van der Waals surface area contributed by atoms with Gasteiger partial charge in [0.2, 0.25) is 0 Å². The molecule has 0 radical (unpaired) electrons. The van der Waals surface area contributed by atoms with E-state index in [0.717, 1.165) is 17.0 Å². The van der Waals surface area contributed by atoms with Crippen molar-refractivity contribution in [3.63, 3.8) is 0 Å². The van der Waals surface area contributed by atoms with Gasteiger partial charge in [-0.3, -0.25) is 4.98 Å². The molecule has 4 heteroatoms. The highest BCUT2D eigenvalue weighted by Gasteiger charge is 2.03. The maximum absolute atomic E-state index is 5.23. The van der Waals surface area contributed by atoms with Crippen LogP contribution in [-0.2, 0) is 5.75 Å². The number of rotatable bonds is 4. The molecule has 0 fully saturated rings. The summed E-state index contributed by atoms with van der Waals surface area (Å²) in [6.45, 7) is 0. The van der Waals surface area contributed by atoms with Crippen LogP contribution in [0.25, 0.3) is 10.9 Å². The van der Waals surface area contributed by atoms with Gasteiger partial charge in [0.1, 0.15) is 5.75 Å². The number of nitrogens with zero attached hydrogens (tertiary/aromatic N) is 1. The highest BCUT2D eigenvalue weighted by Crippen LogP contribution is 2.28. The van der Waals surface area contributed by atoms with Gasteiger partial charge < -0.3 is 9.72 Å². The van der Waals surface area contributed by atoms with Gasteiger partial charge in [0.25, 0.3) is 0 Å². The average Bonchev–Trinajstić information content (AvgIpc) is 2.88. The molecule has 1 aromatic carbocycles. The number of thioether (sulfide) groups is 1. The molecule has 3 aromatic rings. The fraction of sp³-hybridized carbons (Fsp3) is 0.133. The van der Waals surface area contributed by atoms with Crippen molar-refractivity contribution >= 4 is 22.7 Å². The normalized spacial score (nSPS) is 10.8. The lowest BCUT2D eigenvalue weighted by Gasteiger charge is -1.98. The lowest BCUT2D eigenvalue weighted by molar-refractivity contribution is 0.415. The number of ether oxygens (including phenoxy) is 1. The lowest BCUT2D eigenvalue weighted by atomic mass is 10.2. The largest absolute Gasteiger partial charge is 0.497 e. The number of nitrogens with one attached hydrogen (secondary N) is 1. The van der Waals surface area contributed by atoms with Crippen LogP contribution in [0.1, 0.15) is 5.56 Å². The highest BCUT2D eigenvalue weighted by molar-refractivity contribution is 7.98. The predicted molar refractivity (Wildman–Crippen MR) is 78.6 cm³/mol. The zero-order valence-corrected chi connectivity index (χ0v) is 11.4. The van der Waals surface area contributed by atoms with Crippen molar-refractivity contribution < 1.29 is 4.74 Å². The quantitative estimate of drug-likeness (QED) is 0.731. The first-order chi connectivity index (χ1) is 9.35. The van der Waals surface area contributed by atoms with Crippen LogP contribution < -0.4 is 4.74 Å². The first kappa shape index (κ1) is 12.1. The van der Waals surface area contributed by atoms with Gasteiger partial charge in [-0.1, -0.05) is 0 Å². The van der Waals surface area contributed by atoms with E-state index in [-0.39, 0.29) is 0 Å². The lowest BCUT2D eigenvalue weighted by Crippen LogP contribution is -1.80. The Bertz CT molecular complexity index is 679. The minimum atomic E-state index is 0.886. The van der Waals surface area contributed by atoms with Gasteiger partial charge in [0.05, 0.1) is 12.1 Å². The molecule has 2 aromatic heterocycles. The van der Waals surface area contributed by atoms with E-state index in [2.05, 4.69) is 16.0 Å². The molecular weight excluding hydrogens is 256 g/mol. The van der Waals surface area contributed by atoms with E-state index < -0.39 is 0 Å². The highest BCUT2D eigenvalue weighted by atomic mass is 32.2. The van der Waals surface area contributed by atoms with Gasteiger partial charge in [-0.25, -0.2) is 0 Å². The number of pyridine rings is 1. The number of aromatic amines is 1. The smallest absolute Gasteiger partial charge is 0.119 e. The van der Waals surface area contributed by atoms with Gasteiger partial charge in [0, 0.05) is 29.0 Å². The summed E-state index contributed by atoms with van der Waals surface area (Å²) >= 11 is 1.79. The van der Waals surface area contributed by atoms with E-state index in [0.29, 0.717) is 0 Å². The first-order valence-corrected chi connectivity index (χ1v) is 7.02. The number of aromatic nitrogens is 2. The molecule has 19 heavy (non-hydrogen) atoms. The fourth-order valence-corrected chi connectivity index (χ4v) is 2.84. The van der Waals surface area contributed by atoms with Crippen LogP contribution in [0.15, 0.2) is 53.8 Å². The molecule has 96 valence electrons. The summed E-state index contributed by atoms with van der Waals surface area (Å²) in [5.41, 5.74) is 2.41. The van der Waals surface area contributed by atoms with Gasteiger partial charge in [-0.05, 0) is 42.0 Å². The van der Waals surface area contributed by atoms with E-state index in [1.54, 1.807) is 18.9 Å². The third-order valence-electron chi connectivity index (χ3n) is 2.95. The summed E-state index contributed by atoms with van der Waals surface area (Å²) in [6, 6.07) is 12.3. The number of hydrogen-bond acceptors (Lipinski definition) is 3. The summed E-state index contributed by atoms with van der Waals surface area (Å²) in [4.78, 5) is 7.43. The molecule has 0 saturated carbocycles. The van der Waals surface area contributed by atoms with E-state index in [4.69, 9.17) is 4.74 Å². The molecule has 0 unspecified atom stereocenters. The zero-order valence-electron chi connectivity index (χ0n) is 10.6. The van der Waals surface area contributed by atoms with Crippen LogP contribution >= 0.6 is 11.8 Å². The van der Waals surface area contributed by atoms with Crippen LogP contribution in [0.4, 0.5) is 0 Å². The Balaban J connectivity index is 1.78. The van der Waals surface area contributed by atoms with Crippen LogP contribution in [0.3, 0.4) is 0 Å². The van der Waals surface area contributed by atoms with Crippen molar-refractivity contribution in [2.75, 3.05) is 7.11 Å². The second-order valence-corrected chi connectivity index (χ2v) is 5.25. The third-order valence-corrected chi connectivity index (χ3v) is 3.96. The zero-order chi connectivity index (χ0) is 13.1. The van der Waals surface area contributed by atoms with Crippen molar-refractivity contribution in [3.05, 3.63) is 54.4 Å². The second-order valence-electron chi connectivity index (χ2n) is 4.23. The van der Waals surface area contributed by atoms with Crippen molar-refractivity contribution in [1.29, 1.82) is 0 Å². The molecule has 0 amide bonds. The monoisotopic (exact) mass is 270 g/mol. The Labute approximate surface area is 116 Å². The number of fused-ring (bicyclic) bond motifs is 1. The molecule has 0 aliphatic carbocycles. The molecule has 0 bridgehead atoms. The Morgan fingerprint density at radius 3 is 2.79 bits per heavy atom. The van der Waals surface area contributed by atoms with E-state index >= 15 is 0 Å². The van der Waals surface area contributed by atoms with Crippen molar-refractivity contribution in [2.24, 2.45) is 0 Å². The van der Waals surface area contributed by atoms with E-state index in [1.165, 1.54) is 16.0 Å². The van der Waals surface area contributed by atoms with E-state index in [9.17, 15) is 0 Å². The molecule has 0 aliphatic heterocycles. The van der Waals surface area contributed by atoms with Crippen molar-refractivity contribution in [1.82, 2.24) is 9.97 Å². The minimum Gasteiger partial charge on any atom is -0.497 e. The van der Waals surface area contributed by atoms with Crippen LogP contribution in [-0.4, -0.2) is 17.1 Å². The van der Waals surface area contributed by atoms with Crippen LogP contribution in [0.5, 0.6) is 5.75 Å². The molecule has 0 spiro atoms. The Morgan fingerprint density at radius 2 is 2.00 bits per heavy atom. The first-order valence-electron chi connectivity index (χ1n) is 6.03. The topological polar surface area (TPSA) is 37.9 Å². The molecule has 0 atom stereocenters. The Hall–Kier alpha value is -1.94. The van der Waals surface area contributed by atoms with Gasteiger partial charge in [-0.2, -0.15) is 0 Å². The average molecular weight is 270 g/mol. The maximum Gasteiger partial charge on any atom is 0.119 e.